The fourth-order valence-electron chi connectivity index (χ4n) is 2.63. The second-order valence-corrected chi connectivity index (χ2v) is 8.86. The number of rotatable bonds is 7. The van der Waals surface area contributed by atoms with Crippen LogP contribution in [0.2, 0.25) is 0 Å². The minimum absolute atomic E-state index is 0.0186. The Morgan fingerprint density at radius 2 is 1.82 bits per heavy atom. The van der Waals surface area contributed by atoms with Crippen molar-refractivity contribution in [3.8, 4) is 5.75 Å². The first-order valence-electron chi connectivity index (χ1n) is 8.38. The number of methoxy groups -OCH3 is 1. The van der Waals surface area contributed by atoms with Crippen LogP contribution in [0.1, 0.15) is 11.3 Å². The highest BCUT2D eigenvalue weighted by molar-refractivity contribution is 9.10. The summed E-state index contributed by atoms with van der Waals surface area (Å²) < 4.78 is 47.7. The number of nitrogens with zero attached hydrogens (tertiary/aromatic N) is 2. The Labute approximate surface area is 172 Å². The van der Waals surface area contributed by atoms with E-state index in [4.69, 9.17) is 4.74 Å². The van der Waals surface area contributed by atoms with Gasteiger partial charge in [-0.25, -0.2) is 12.8 Å². The summed E-state index contributed by atoms with van der Waals surface area (Å²) in [5.41, 5.74) is 0.841. The lowest BCUT2D eigenvalue weighted by Gasteiger charge is -2.22. The monoisotopic (exact) mass is 464 g/mol. The molecule has 0 amide bonds. The second kappa shape index (κ2) is 8.81. The lowest BCUT2D eigenvalue weighted by molar-refractivity contribution is 0.389. The Morgan fingerprint density at radius 1 is 1.07 bits per heavy atom. The zero-order valence-electron chi connectivity index (χ0n) is 15.0. The van der Waals surface area contributed by atoms with Gasteiger partial charge in [0.2, 0.25) is 10.0 Å². The van der Waals surface area contributed by atoms with E-state index in [1.54, 1.807) is 48.7 Å². The highest BCUT2D eigenvalue weighted by Crippen LogP contribution is 2.24. The van der Waals surface area contributed by atoms with Crippen molar-refractivity contribution in [2.45, 2.75) is 18.0 Å². The van der Waals surface area contributed by atoms with Gasteiger partial charge in [0.1, 0.15) is 11.6 Å². The molecule has 28 heavy (non-hydrogen) atoms. The third kappa shape index (κ3) is 4.76. The van der Waals surface area contributed by atoms with Crippen molar-refractivity contribution < 1.29 is 17.5 Å². The summed E-state index contributed by atoms with van der Waals surface area (Å²) in [7, 11) is -2.38. The number of hydrogen-bond acceptors (Lipinski definition) is 4. The number of halogens is 2. The molecule has 1 heterocycles. The Bertz CT molecular complexity index is 1040. The van der Waals surface area contributed by atoms with E-state index in [0.717, 1.165) is 0 Å². The molecule has 2 aromatic carbocycles. The van der Waals surface area contributed by atoms with Crippen molar-refractivity contribution in [1.82, 2.24) is 9.29 Å². The number of aromatic nitrogens is 1. The van der Waals surface area contributed by atoms with Crippen LogP contribution in [0.25, 0.3) is 0 Å². The van der Waals surface area contributed by atoms with Crippen LogP contribution in [-0.4, -0.2) is 24.8 Å². The van der Waals surface area contributed by atoms with Crippen LogP contribution >= 0.6 is 15.9 Å². The number of pyridine rings is 1. The zero-order chi connectivity index (χ0) is 20.1. The van der Waals surface area contributed by atoms with Crippen LogP contribution in [0, 0.1) is 5.82 Å². The van der Waals surface area contributed by atoms with Gasteiger partial charge in [0.15, 0.2) is 0 Å². The smallest absolute Gasteiger partial charge is 0.243 e. The van der Waals surface area contributed by atoms with Crippen molar-refractivity contribution in [2.75, 3.05) is 7.11 Å². The van der Waals surface area contributed by atoms with Gasteiger partial charge in [-0.15, -0.1) is 0 Å². The Balaban J connectivity index is 1.98. The molecule has 8 heteroatoms. The predicted molar refractivity (Wildman–Crippen MR) is 108 cm³/mol. The van der Waals surface area contributed by atoms with Crippen molar-refractivity contribution in [3.05, 3.63) is 88.4 Å². The molecule has 0 atom stereocenters. The zero-order valence-corrected chi connectivity index (χ0v) is 17.5. The molecule has 1 aromatic heterocycles. The summed E-state index contributed by atoms with van der Waals surface area (Å²) in [6.45, 7) is -0.102. The lowest BCUT2D eigenvalue weighted by Crippen LogP contribution is -2.31. The maximum Gasteiger partial charge on any atom is 0.243 e. The van der Waals surface area contributed by atoms with E-state index in [1.807, 2.05) is 0 Å². The Hall–Kier alpha value is -2.29. The molecule has 0 spiro atoms. The summed E-state index contributed by atoms with van der Waals surface area (Å²) >= 11 is 3.21. The number of benzene rings is 2. The Morgan fingerprint density at radius 3 is 2.43 bits per heavy atom. The highest BCUT2D eigenvalue weighted by Gasteiger charge is 2.26. The topological polar surface area (TPSA) is 59.5 Å². The number of sulfonamides is 1. The van der Waals surface area contributed by atoms with Gasteiger partial charge in [-0.2, -0.15) is 4.31 Å². The van der Waals surface area contributed by atoms with Gasteiger partial charge in [-0.05, 0) is 48.5 Å². The van der Waals surface area contributed by atoms with E-state index < -0.39 is 15.8 Å². The van der Waals surface area contributed by atoms with Gasteiger partial charge in [0.25, 0.3) is 0 Å². The minimum atomic E-state index is -3.89. The van der Waals surface area contributed by atoms with E-state index in [0.29, 0.717) is 15.9 Å². The average Bonchev–Trinajstić information content (AvgIpc) is 2.70. The molecular formula is C20H18BrFN2O3S. The molecule has 0 saturated heterocycles. The van der Waals surface area contributed by atoms with Gasteiger partial charge in [0, 0.05) is 22.8 Å². The molecule has 0 bridgehead atoms. The normalized spacial score (nSPS) is 11.6. The van der Waals surface area contributed by atoms with Crippen molar-refractivity contribution in [3.63, 3.8) is 0 Å². The molecule has 0 aliphatic rings. The predicted octanol–water partition coefficient (Wildman–Crippen LogP) is 4.38. The maximum atomic E-state index is 14.4. The van der Waals surface area contributed by atoms with Gasteiger partial charge < -0.3 is 4.74 Å². The first kappa shape index (κ1) is 20.4. The lowest BCUT2D eigenvalue weighted by atomic mass is 10.2. The molecule has 0 aliphatic carbocycles. The highest BCUT2D eigenvalue weighted by atomic mass is 79.9. The van der Waals surface area contributed by atoms with Gasteiger partial charge in [-0.1, -0.05) is 28.1 Å². The van der Waals surface area contributed by atoms with Crippen molar-refractivity contribution in [2.24, 2.45) is 0 Å². The molecule has 0 saturated carbocycles. The largest absolute Gasteiger partial charge is 0.497 e. The molecule has 0 fully saturated rings. The van der Waals surface area contributed by atoms with E-state index in [1.165, 1.54) is 29.6 Å². The molecule has 0 N–H and O–H groups in total. The SMILES string of the molecule is COc1ccc(S(=O)(=O)N(Cc2ccccn2)Cc2ccc(Br)cc2F)cc1. The van der Waals surface area contributed by atoms with Gasteiger partial charge in [0.05, 0.1) is 24.2 Å². The first-order chi connectivity index (χ1) is 13.4. The van der Waals surface area contributed by atoms with Gasteiger partial charge >= 0.3 is 0 Å². The molecule has 0 aliphatic heterocycles. The van der Waals surface area contributed by atoms with E-state index in [9.17, 15) is 12.8 Å². The minimum Gasteiger partial charge on any atom is -0.497 e. The summed E-state index contributed by atoms with van der Waals surface area (Å²) in [6.07, 6.45) is 1.59. The van der Waals surface area contributed by atoms with Crippen LogP contribution in [-0.2, 0) is 23.1 Å². The summed E-state index contributed by atoms with van der Waals surface area (Å²) in [5.74, 6) is 0.0690. The van der Waals surface area contributed by atoms with Crippen molar-refractivity contribution in [1.29, 1.82) is 0 Å². The van der Waals surface area contributed by atoms with Crippen LogP contribution in [0.3, 0.4) is 0 Å². The Kier molecular flexibility index (Phi) is 6.43. The van der Waals surface area contributed by atoms with Crippen LogP contribution in [0.5, 0.6) is 5.75 Å². The standard InChI is InChI=1S/C20H18BrFN2O3S/c1-27-18-7-9-19(10-8-18)28(25,26)24(14-17-4-2-3-11-23-17)13-15-5-6-16(21)12-20(15)22/h2-12H,13-14H2,1H3. The van der Waals surface area contributed by atoms with Gasteiger partial charge in [-0.3, -0.25) is 4.98 Å². The molecule has 3 aromatic rings. The molecule has 5 nitrogen and oxygen atoms in total. The fraction of sp³-hybridized carbons (Fsp3) is 0.150. The second-order valence-electron chi connectivity index (χ2n) is 6.01. The maximum absolute atomic E-state index is 14.4. The van der Waals surface area contributed by atoms with Crippen LogP contribution in [0.15, 0.2) is 76.2 Å². The number of ether oxygens (including phenoxy) is 1. The van der Waals surface area contributed by atoms with Crippen molar-refractivity contribution >= 4 is 26.0 Å². The fourth-order valence-corrected chi connectivity index (χ4v) is 4.36. The summed E-state index contributed by atoms with van der Waals surface area (Å²) in [5, 5.41) is 0. The molecule has 146 valence electrons. The molecule has 0 radical (unpaired) electrons. The molecule has 0 unspecified atom stereocenters. The first-order valence-corrected chi connectivity index (χ1v) is 10.6. The number of hydrogen-bond donors (Lipinski definition) is 0. The third-order valence-electron chi connectivity index (χ3n) is 4.12. The van der Waals surface area contributed by atoms with E-state index >= 15 is 0 Å². The van der Waals surface area contributed by atoms with E-state index in [-0.39, 0.29) is 23.5 Å². The average molecular weight is 465 g/mol. The summed E-state index contributed by atoms with van der Waals surface area (Å²) in [4.78, 5) is 4.30. The summed E-state index contributed by atoms with van der Waals surface area (Å²) in [6, 6.07) is 15.9. The molecule has 3 rings (SSSR count). The van der Waals surface area contributed by atoms with Crippen LogP contribution < -0.4 is 4.74 Å². The van der Waals surface area contributed by atoms with E-state index in [2.05, 4.69) is 20.9 Å². The van der Waals surface area contributed by atoms with Crippen LogP contribution in [0.4, 0.5) is 4.39 Å². The molecular weight excluding hydrogens is 447 g/mol. The third-order valence-corrected chi connectivity index (χ3v) is 6.42. The quantitative estimate of drug-likeness (QED) is 0.520.